The molecule has 4 aromatic rings. The molecule has 0 atom stereocenters. The Labute approximate surface area is 213 Å². The summed E-state index contributed by atoms with van der Waals surface area (Å²) in [6.45, 7) is 0. The molecule has 1 aliphatic carbocycles. The SMILES string of the molecule is N#Cc1ccc(C(=O)N[C@H]2CC[C@@H](n3c(=O)c4cc(F)cnc4n(-c4ccc(F)c(F)c4)c3=O)CC2)cc1. The summed E-state index contributed by atoms with van der Waals surface area (Å²) in [6, 6.07) is 11.2. The minimum atomic E-state index is -1.19. The second-order valence-electron chi connectivity index (χ2n) is 9.08. The zero-order valence-corrected chi connectivity index (χ0v) is 19.8. The number of carbonyl (C=O) groups is 1. The van der Waals surface area contributed by atoms with Gasteiger partial charge in [-0.05, 0) is 68.1 Å². The van der Waals surface area contributed by atoms with Gasteiger partial charge >= 0.3 is 5.69 Å². The second-order valence-corrected chi connectivity index (χ2v) is 9.08. The van der Waals surface area contributed by atoms with E-state index in [1.807, 2.05) is 6.07 Å². The van der Waals surface area contributed by atoms with E-state index in [0.717, 1.165) is 33.5 Å². The van der Waals surface area contributed by atoms with Crippen LogP contribution < -0.4 is 16.6 Å². The molecular formula is C27H20F3N5O3. The van der Waals surface area contributed by atoms with E-state index in [2.05, 4.69) is 10.3 Å². The first-order chi connectivity index (χ1) is 18.3. The van der Waals surface area contributed by atoms with E-state index in [0.29, 0.717) is 36.8 Å². The molecule has 0 bridgehead atoms. The van der Waals surface area contributed by atoms with Gasteiger partial charge in [-0.1, -0.05) is 0 Å². The summed E-state index contributed by atoms with van der Waals surface area (Å²) >= 11 is 0. The van der Waals surface area contributed by atoms with Crippen molar-refractivity contribution in [3.63, 3.8) is 0 Å². The summed E-state index contributed by atoms with van der Waals surface area (Å²) in [5.41, 5.74) is -0.937. The number of pyridine rings is 1. The molecule has 5 rings (SSSR count). The highest BCUT2D eigenvalue weighted by atomic mass is 19.2. The van der Waals surface area contributed by atoms with Gasteiger partial charge in [0.05, 0.1) is 28.9 Å². The lowest BCUT2D eigenvalue weighted by Gasteiger charge is -2.30. The summed E-state index contributed by atoms with van der Waals surface area (Å²) in [5, 5.41) is 11.7. The molecule has 0 aliphatic heterocycles. The molecule has 0 spiro atoms. The average Bonchev–Trinajstić information content (AvgIpc) is 2.92. The molecular weight excluding hydrogens is 499 g/mol. The zero-order chi connectivity index (χ0) is 27.0. The van der Waals surface area contributed by atoms with Crippen molar-refractivity contribution in [2.24, 2.45) is 0 Å². The van der Waals surface area contributed by atoms with E-state index in [-0.39, 0.29) is 28.7 Å². The molecule has 11 heteroatoms. The first-order valence-electron chi connectivity index (χ1n) is 11.9. The Morgan fingerprint density at radius 3 is 2.34 bits per heavy atom. The lowest BCUT2D eigenvalue weighted by Crippen LogP contribution is -2.45. The number of hydrogen-bond donors (Lipinski definition) is 1. The molecule has 1 amide bonds. The Morgan fingerprint density at radius 2 is 1.68 bits per heavy atom. The van der Waals surface area contributed by atoms with Crippen LogP contribution in [0.4, 0.5) is 13.2 Å². The third-order valence-corrected chi connectivity index (χ3v) is 6.73. The number of rotatable bonds is 4. The molecule has 192 valence electrons. The highest BCUT2D eigenvalue weighted by molar-refractivity contribution is 5.94. The quantitative estimate of drug-likeness (QED) is 0.442. The smallest absolute Gasteiger partial charge is 0.337 e. The Balaban J connectivity index is 1.45. The number of aromatic nitrogens is 3. The van der Waals surface area contributed by atoms with Crippen molar-refractivity contribution in [1.82, 2.24) is 19.4 Å². The van der Waals surface area contributed by atoms with Crippen LogP contribution in [0.25, 0.3) is 16.7 Å². The molecule has 2 heterocycles. The van der Waals surface area contributed by atoms with Crippen molar-refractivity contribution in [3.05, 3.63) is 104 Å². The number of nitrogens with one attached hydrogen (secondary N) is 1. The number of nitriles is 1. The van der Waals surface area contributed by atoms with Crippen LogP contribution in [0, 0.1) is 28.8 Å². The van der Waals surface area contributed by atoms with Gasteiger partial charge in [-0.2, -0.15) is 5.26 Å². The van der Waals surface area contributed by atoms with E-state index in [4.69, 9.17) is 5.26 Å². The molecule has 0 saturated heterocycles. The van der Waals surface area contributed by atoms with Crippen molar-refractivity contribution in [1.29, 1.82) is 5.26 Å². The Hall–Kier alpha value is -4.72. The lowest BCUT2D eigenvalue weighted by molar-refractivity contribution is 0.0922. The minimum absolute atomic E-state index is 0.0601. The lowest BCUT2D eigenvalue weighted by atomic mass is 9.90. The average molecular weight is 519 g/mol. The molecule has 0 radical (unpaired) electrons. The van der Waals surface area contributed by atoms with Gasteiger partial charge < -0.3 is 5.32 Å². The monoisotopic (exact) mass is 519 g/mol. The highest BCUT2D eigenvalue weighted by Crippen LogP contribution is 2.28. The summed E-state index contributed by atoms with van der Waals surface area (Å²) < 4.78 is 43.6. The molecule has 1 N–H and O–H groups in total. The summed E-state index contributed by atoms with van der Waals surface area (Å²) in [6.07, 6.45) is 2.48. The zero-order valence-electron chi connectivity index (χ0n) is 19.8. The third kappa shape index (κ3) is 4.56. The predicted octanol–water partition coefficient (Wildman–Crippen LogP) is 3.75. The fourth-order valence-corrected chi connectivity index (χ4v) is 4.80. The fraction of sp³-hybridized carbons (Fsp3) is 0.222. The molecule has 0 unspecified atom stereocenters. The number of carbonyl (C=O) groups excluding carboxylic acids is 1. The normalized spacial score (nSPS) is 17.2. The van der Waals surface area contributed by atoms with Gasteiger partial charge in [-0.3, -0.25) is 14.2 Å². The maximum absolute atomic E-state index is 14.0. The van der Waals surface area contributed by atoms with Crippen LogP contribution in [0.1, 0.15) is 47.6 Å². The maximum atomic E-state index is 14.0. The van der Waals surface area contributed by atoms with Gasteiger partial charge in [0.25, 0.3) is 11.5 Å². The van der Waals surface area contributed by atoms with Crippen LogP contribution >= 0.6 is 0 Å². The van der Waals surface area contributed by atoms with Crippen LogP contribution in [0.3, 0.4) is 0 Å². The molecule has 38 heavy (non-hydrogen) atoms. The Bertz CT molecular complexity index is 1720. The molecule has 1 aliphatic rings. The van der Waals surface area contributed by atoms with Gasteiger partial charge in [0.1, 0.15) is 5.82 Å². The van der Waals surface area contributed by atoms with Gasteiger partial charge in [-0.25, -0.2) is 27.5 Å². The first-order valence-corrected chi connectivity index (χ1v) is 11.9. The summed E-state index contributed by atoms with van der Waals surface area (Å²) in [5.74, 6) is -3.39. The van der Waals surface area contributed by atoms with Crippen molar-refractivity contribution in [2.45, 2.75) is 37.8 Å². The number of halogens is 3. The first kappa shape index (κ1) is 25.0. The van der Waals surface area contributed by atoms with Gasteiger partial charge in [0.2, 0.25) is 0 Å². The van der Waals surface area contributed by atoms with Crippen molar-refractivity contribution >= 4 is 16.9 Å². The Morgan fingerprint density at radius 1 is 0.974 bits per heavy atom. The van der Waals surface area contributed by atoms with E-state index in [1.54, 1.807) is 24.3 Å². The van der Waals surface area contributed by atoms with Gasteiger partial charge in [0, 0.05) is 23.7 Å². The highest BCUT2D eigenvalue weighted by Gasteiger charge is 2.28. The minimum Gasteiger partial charge on any atom is -0.349 e. The summed E-state index contributed by atoms with van der Waals surface area (Å²) in [4.78, 5) is 43.4. The van der Waals surface area contributed by atoms with Crippen molar-refractivity contribution in [2.75, 3.05) is 0 Å². The second kappa shape index (κ2) is 9.97. The number of benzene rings is 2. The van der Waals surface area contributed by atoms with E-state index in [1.165, 1.54) is 6.07 Å². The molecule has 2 aromatic carbocycles. The third-order valence-electron chi connectivity index (χ3n) is 6.73. The van der Waals surface area contributed by atoms with E-state index < -0.39 is 34.7 Å². The van der Waals surface area contributed by atoms with Crippen molar-refractivity contribution < 1.29 is 18.0 Å². The standard InChI is InChI=1S/C27H20F3N5O3/c28-17-11-21-24(32-14-17)34(20-9-10-22(29)23(30)12-20)27(38)35(26(21)37)19-7-5-18(6-8-19)33-25(36)16-3-1-15(13-31)2-4-16/h1-4,9-12,14,18-19H,5-8H2,(H,33,36)/t18-,19+. The van der Waals surface area contributed by atoms with Crippen molar-refractivity contribution in [3.8, 4) is 11.8 Å². The summed E-state index contributed by atoms with van der Waals surface area (Å²) in [7, 11) is 0. The van der Waals surface area contributed by atoms with Gasteiger partial charge in [-0.15, -0.1) is 0 Å². The largest absolute Gasteiger partial charge is 0.349 e. The molecule has 1 fully saturated rings. The Kier molecular flexibility index (Phi) is 6.55. The molecule has 1 saturated carbocycles. The van der Waals surface area contributed by atoms with Crippen LogP contribution in [0.5, 0.6) is 0 Å². The maximum Gasteiger partial charge on any atom is 0.337 e. The van der Waals surface area contributed by atoms with E-state index in [9.17, 15) is 27.6 Å². The molecule has 2 aromatic heterocycles. The molecule has 8 nitrogen and oxygen atoms in total. The number of hydrogen-bond acceptors (Lipinski definition) is 5. The van der Waals surface area contributed by atoms with Crippen LogP contribution in [0.15, 0.2) is 64.3 Å². The predicted molar refractivity (Wildman–Crippen MR) is 131 cm³/mol. The number of nitrogens with zero attached hydrogens (tertiary/aromatic N) is 4. The fourth-order valence-electron chi connectivity index (χ4n) is 4.80. The number of amides is 1. The number of fused-ring (bicyclic) bond motifs is 1. The van der Waals surface area contributed by atoms with Crippen LogP contribution in [-0.4, -0.2) is 26.1 Å². The van der Waals surface area contributed by atoms with E-state index >= 15 is 0 Å². The van der Waals surface area contributed by atoms with Gasteiger partial charge in [0.15, 0.2) is 17.3 Å². The topological polar surface area (TPSA) is 110 Å². The van der Waals surface area contributed by atoms with Crippen LogP contribution in [-0.2, 0) is 0 Å². The van der Waals surface area contributed by atoms with Crippen LogP contribution in [0.2, 0.25) is 0 Å².